The molecule has 7 heteroatoms. The highest BCUT2D eigenvalue weighted by Crippen LogP contribution is 2.49. The minimum absolute atomic E-state index is 0.0431. The van der Waals surface area contributed by atoms with Gasteiger partial charge in [0.1, 0.15) is 0 Å². The van der Waals surface area contributed by atoms with Gasteiger partial charge in [-0.1, -0.05) is 31.9 Å². The topological polar surface area (TPSA) is 106 Å². The van der Waals surface area contributed by atoms with Crippen LogP contribution in [0.25, 0.3) is 0 Å². The summed E-state index contributed by atoms with van der Waals surface area (Å²) >= 11 is 0. The first-order valence-corrected chi connectivity index (χ1v) is 13.0. The molecule has 0 heterocycles. The van der Waals surface area contributed by atoms with Gasteiger partial charge in [-0.05, 0) is 78.5 Å². The second-order valence-electron chi connectivity index (χ2n) is 8.88. The normalized spacial score (nSPS) is 16.8. The SMILES string of the molecule is CCS(=O)(=O)c1ccc(CC(=O)Nc2ccc(C(N)=O)c(C3CCC3)c2C2CCC2)cc1. The van der Waals surface area contributed by atoms with Crippen LogP contribution in [-0.4, -0.2) is 26.0 Å². The molecule has 0 unspecified atom stereocenters. The minimum atomic E-state index is -3.26. The van der Waals surface area contributed by atoms with Gasteiger partial charge in [0.15, 0.2) is 9.84 Å². The van der Waals surface area contributed by atoms with Crippen molar-refractivity contribution in [2.45, 2.75) is 68.6 Å². The fourth-order valence-electron chi connectivity index (χ4n) is 4.59. The van der Waals surface area contributed by atoms with Gasteiger partial charge in [-0.15, -0.1) is 0 Å². The first-order valence-electron chi connectivity index (χ1n) is 11.4. The van der Waals surface area contributed by atoms with Crippen LogP contribution >= 0.6 is 0 Å². The van der Waals surface area contributed by atoms with Gasteiger partial charge in [-0.3, -0.25) is 9.59 Å². The monoisotopic (exact) mass is 454 g/mol. The van der Waals surface area contributed by atoms with Gasteiger partial charge >= 0.3 is 0 Å². The van der Waals surface area contributed by atoms with Crippen molar-refractivity contribution in [2.24, 2.45) is 5.73 Å². The Kier molecular flexibility index (Phi) is 6.38. The summed E-state index contributed by atoms with van der Waals surface area (Å²) in [7, 11) is -3.26. The summed E-state index contributed by atoms with van der Waals surface area (Å²) in [5.41, 5.74) is 9.94. The van der Waals surface area contributed by atoms with Crippen molar-refractivity contribution in [3.63, 3.8) is 0 Å². The summed E-state index contributed by atoms with van der Waals surface area (Å²) in [5, 5.41) is 3.06. The third-order valence-corrected chi connectivity index (χ3v) is 8.63. The summed E-state index contributed by atoms with van der Waals surface area (Å²) in [6, 6.07) is 10.0. The van der Waals surface area contributed by atoms with Crippen LogP contribution in [0, 0.1) is 0 Å². The molecule has 170 valence electrons. The fraction of sp³-hybridized carbons (Fsp3) is 0.440. The lowest BCUT2D eigenvalue weighted by atomic mass is 9.69. The number of hydrogen-bond acceptors (Lipinski definition) is 4. The number of rotatable bonds is 8. The maximum atomic E-state index is 12.9. The van der Waals surface area contributed by atoms with E-state index in [2.05, 4.69) is 5.32 Å². The lowest BCUT2D eigenvalue weighted by Crippen LogP contribution is -2.25. The van der Waals surface area contributed by atoms with Crippen LogP contribution in [0.5, 0.6) is 0 Å². The van der Waals surface area contributed by atoms with Crippen LogP contribution in [0.2, 0.25) is 0 Å². The van der Waals surface area contributed by atoms with Crippen molar-refractivity contribution in [2.75, 3.05) is 11.1 Å². The van der Waals surface area contributed by atoms with E-state index in [0.717, 1.165) is 60.9 Å². The van der Waals surface area contributed by atoms with Gasteiger partial charge in [0.25, 0.3) is 0 Å². The lowest BCUT2D eigenvalue weighted by Gasteiger charge is -2.36. The molecule has 0 saturated heterocycles. The molecule has 0 aliphatic heterocycles. The fourth-order valence-corrected chi connectivity index (χ4v) is 5.48. The highest BCUT2D eigenvalue weighted by atomic mass is 32.2. The third kappa shape index (κ3) is 4.44. The average Bonchev–Trinajstić information content (AvgIpc) is 2.67. The number of carbonyl (C=O) groups excluding carboxylic acids is 2. The van der Waals surface area contributed by atoms with E-state index in [1.54, 1.807) is 37.3 Å². The number of primary amides is 1. The largest absolute Gasteiger partial charge is 0.366 e. The van der Waals surface area contributed by atoms with Gasteiger partial charge in [0.05, 0.1) is 17.1 Å². The Labute approximate surface area is 189 Å². The molecule has 0 bridgehead atoms. The molecule has 3 N–H and O–H groups in total. The van der Waals surface area contributed by atoms with E-state index >= 15 is 0 Å². The number of amides is 2. The molecule has 2 fully saturated rings. The first-order chi connectivity index (χ1) is 15.3. The number of benzene rings is 2. The van der Waals surface area contributed by atoms with Crippen molar-refractivity contribution in [1.82, 2.24) is 0 Å². The second kappa shape index (κ2) is 9.06. The predicted octanol–water partition coefficient (Wildman–Crippen LogP) is 4.30. The Morgan fingerprint density at radius 1 is 0.938 bits per heavy atom. The molecule has 4 rings (SSSR count). The zero-order valence-corrected chi connectivity index (χ0v) is 19.2. The van der Waals surface area contributed by atoms with E-state index < -0.39 is 15.7 Å². The zero-order valence-electron chi connectivity index (χ0n) is 18.4. The number of nitrogens with one attached hydrogen (secondary N) is 1. The summed E-state index contributed by atoms with van der Waals surface area (Å²) < 4.78 is 24.0. The van der Waals surface area contributed by atoms with Crippen molar-refractivity contribution < 1.29 is 18.0 Å². The van der Waals surface area contributed by atoms with Gasteiger partial charge in [0, 0.05) is 11.3 Å². The molecule has 0 aromatic heterocycles. The average molecular weight is 455 g/mol. The Morgan fingerprint density at radius 2 is 1.53 bits per heavy atom. The molecule has 2 aliphatic carbocycles. The molecule has 32 heavy (non-hydrogen) atoms. The molecular weight excluding hydrogens is 424 g/mol. The van der Waals surface area contributed by atoms with E-state index in [-0.39, 0.29) is 23.0 Å². The number of sulfone groups is 1. The zero-order chi connectivity index (χ0) is 22.9. The molecular formula is C25H30N2O4S. The summed E-state index contributed by atoms with van der Waals surface area (Å²) in [4.78, 5) is 25.3. The van der Waals surface area contributed by atoms with Gasteiger partial charge < -0.3 is 11.1 Å². The molecule has 6 nitrogen and oxygen atoms in total. The van der Waals surface area contributed by atoms with Crippen molar-refractivity contribution in [1.29, 1.82) is 0 Å². The number of hydrogen-bond donors (Lipinski definition) is 2. The maximum Gasteiger partial charge on any atom is 0.248 e. The van der Waals surface area contributed by atoms with Gasteiger partial charge in [-0.2, -0.15) is 0 Å². The third-order valence-electron chi connectivity index (χ3n) is 6.88. The van der Waals surface area contributed by atoms with Crippen molar-refractivity contribution >= 4 is 27.3 Å². The van der Waals surface area contributed by atoms with E-state index in [1.807, 2.05) is 6.07 Å². The Hall–Kier alpha value is -2.67. The molecule has 0 spiro atoms. The van der Waals surface area contributed by atoms with E-state index in [0.29, 0.717) is 17.4 Å². The number of nitrogens with two attached hydrogens (primary N) is 1. The van der Waals surface area contributed by atoms with Crippen LogP contribution in [0.15, 0.2) is 41.3 Å². The van der Waals surface area contributed by atoms with Crippen LogP contribution in [0.4, 0.5) is 5.69 Å². The van der Waals surface area contributed by atoms with Crippen LogP contribution < -0.4 is 11.1 Å². The van der Waals surface area contributed by atoms with Crippen LogP contribution in [0.1, 0.15) is 84.3 Å². The molecule has 2 saturated carbocycles. The smallest absolute Gasteiger partial charge is 0.248 e. The number of carbonyl (C=O) groups is 2. The Balaban J connectivity index is 1.58. The molecule has 2 aromatic rings. The highest BCUT2D eigenvalue weighted by molar-refractivity contribution is 7.91. The maximum absolute atomic E-state index is 12.9. The summed E-state index contributed by atoms with van der Waals surface area (Å²) in [5.74, 6) is 0.147. The Morgan fingerprint density at radius 3 is 2.03 bits per heavy atom. The van der Waals surface area contributed by atoms with E-state index in [9.17, 15) is 18.0 Å². The lowest BCUT2D eigenvalue weighted by molar-refractivity contribution is -0.115. The van der Waals surface area contributed by atoms with Gasteiger partial charge in [-0.25, -0.2) is 8.42 Å². The van der Waals surface area contributed by atoms with Gasteiger partial charge in [0.2, 0.25) is 11.8 Å². The summed E-state index contributed by atoms with van der Waals surface area (Å²) in [6.07, 6.45) is 6.64. The van der Waals surface area contributed by atoms with E-state index in [4.69, 9.17) is 5.73 Å². The van der Waals surface area contributed by atoms with Crippen LogP contribution in [-0.2, 0) is 21.1 Å². The predicted molar refractivity (Wildman–Crippen MR) is 125 cm³/mol. The molecule has 0 atom stereocenters. The van der Waals surface area contributed by atoms with Crippen LogP contribution in [0.3, 0.4) is 0 Å². The summed E-state index contributed by atoms with van der Waals surface area (Å²) in [6.45, 7) is 1.61. The Bertz CT molecular complexity index is 1130. The highest BCUT2D eigenvalue weighted by Gasteiger charge is 2.33. The quantitative estimate of drug-likeness (QED) is 0.620. The molecule has 2 aliphatic rings. The standard InChI is InChI=1S/C25H30N2O4S/c1-2-32(30,31)19-11-9-16(10-12-19)15-22(28)27-21-14-13-20(25(26)29)23(17-5-3-6-17)24(21)18-7-4-8-18/h9-14,17-18H,2-8,15H2,1H3,(H2,26,29)(H,27,28). The second-order valence-corrected chi connectivity index (χ2v) is 11.2. The molecule has 0 radical (unpaired) electrons. The van der Waals surface area contributed by atoms with E-state index in [1.165, 1.54) is 0 Å². The van der Waals surface area contributed by atoms with Crippen molar-refractivity contribution in [3.05, 3.63) is 58.7 Å². The van der Waals surface area contributed by atoms with Crippen molar-refractivity contribution in [3.8, 4) is 0 Å². The number of anilines is 1. The minimum Gasteiger partial charge on any atom is -0.366 e. The molecule has 2 amide bonds. The first kappa shape index (κ1) is 22.5. The molecule has 2 aromatic carbocycles.